The summed E-state index contributed by atoms with van der Waals surface area (Å²) < 4.78 is 13.7. The van der Waals surface area contributed by atoms with Gasteiger partial charge in [-0.05, 0) is 74.2 Å². The minimum absolute atomic E-state index is 0.00396. The maximum Gasteiger partial charge on any atom is 0.256 e. The lowest BCUT2D eigenvalue weighted by Crippen LogP contribution is -2.37. The van der Waals surface area contributed by atoms with Gasteiger partial charge in [0.15, 0.2) is 0 Å². The van der Waals surface area contributed by atoms with Crippen LogP contribution in [0.2, 0.25) is 0 Å². The number of piperidine rings is 1. The highest BCUT2D eigenvalue weighted by Crippen LogP contribution is 2.41. The number of nitrogens with one attached hydrogen (secondary N) is 1. The molecule has 1 amide bonds. The van der Waals surface area contributed by atoms with E-state index in [0.29, 0.717) is 5.56 Å². The number of aryl methyl sites for hydroxylation is 1. The molecule has 1 fully saturated rings. The molecule has 5 heteroatoms. The van der Waals surface area contributed by atoms with Crippen LogP contribution in [0.1, 0.15) is 59.1 Å². The molecule has 0 unspecified atom stereocenters. The van der Waals surface area contributed by atoms with Crippen LogP contribution in [0.15, 0.2) is 60.7 Å². The largest absolute Gasteiger partial charge is 0.313 e. The van der Waals surface area contributed by atoms with E-state index in [9.17, 15) is 9.18 Å². The molecule has 0 saturated carbocycles. The van der Waals surface area contributed by atoms with Gasteiger partial charge < -0.3 is 5.32 Å². The van der Waals surface area contributed by atoms with Gasteiger partial charge >= 0.3 is 0 Å². The Morgan fingerprint density at radius 2 is 1.81 bits per heavy atom. The quantitative estimate of drug-likeness (QED) is 0.477. The maximum absolute atomic E-state index is 13.7. The Bertz CT molecular complexity index is 1010. The molecule has 1 saturated heterocycles. The molecule has 0 aliphatic carbocycles. The van der Waals surface area contributed by atoms with Crippen LogP contribution in [0, 0.1) is 11.7 Å². The molecule has 31 heavy (non-hydrogen) atoms. The number of carbonyl (C=O) groups is 1. The van der Waals surface area contributed by atoms with Crippen molar-refractivity contribution >= 4 is 22.2 Å². The Balaban J connectivity index is 1.72. The van der Waals surface area contributed by atoms with E-state index in [1.807, 2.05) is 42.5 Å². The Kier molecular flexibility index (Phi) is 6.83. The van der Waals surface area contributed by atoms with Gasteiger partial charge in [0.05, 0.1) is 6.04 Å². The van der Waals surface area contributed by atoms with Crippen LogP contribution in [0.4, 0.5) is 9.39 Å². The number of benzene rings is 2. The summed E-state index contributed by atoms with van der Waals surface area (Å²) in [6.07, 6.45) is 3.20. The van der Waals surface area contributed by atoms with Gasteiger partial charge in [-0.1, -0.05) is 44.2 Å². The van der Waals surface area contributed by atoms with Crippen molar-refractivity contribution in [1.29, 1.82) is 0 Å². The van der Waals surface area contributed by atoms with Gasteiger partial charge in [0, 0.05) is 16.0 Å². The molecule has 2 heterocycles. The van der Waals surface area contributed by atoms with Gasteiger partial charge in [-0.2, -0.15) is 0 Å². The second kappa shape index (κ2) is 9.75. The summed E-state index contributed by atoms with van der Waals surface area (Å²) in [7, 11) is 0. The highest BCUT2D eigenvalue weighted by Gasteiger charge is 2.29. The molecule has 4 rings (SSSR count). The number of halogens is 1. The van der Waals surface area contributed by atoms with Crippen molar-refractivity contribution in [3.05, 3.63) is 88.0 Å². The molecule has 3 aromatic rings. The molecule has 1 N–H and O–H groups in total. The van der Waals surface area contributed by atoms with E-state index in [-0.39, 0.29) is 17.8 Å². The van der Waals surface area contributed by atoms with Gasteiger partial charge in [-0.3, -0.25) is 9.69 Å². The van der Waals surface area contributed by atoms with E-state index < -0.39 is 0 Å². The normalized spacial score (nSPS) is 16.2. The van der Waals surface area contributed by atoms with Crippen LogP contribution in [-0.4, -0.2) is 23.9 Å². The van der Waals surface area contributed by atoms with E-state index in [4.69, 9.17) is 0 Å². The minimum Gasteiger partial charge on any atom is -0.313 e. The third-order valence-corrected chi connectivity index (χ3v) is 7.30. The van der Waals surface area contributed by atoms with E-state index >= 15 is 0 Å². The molecule has 0 spiro atoms. The Labute approximate surface area is 187 Å². The van der Waals surface area contributed by atoms with E-state index in [1.165, 1.54) is 17.0 Å². The monoisotopic (exact) mass is 436 g/mol. The molecule has 0 radical (unpaired) electrons. The number of anilines is 1. The van der Waals surface area contributed by atoms with Crippen molar-refractivity contribution in [1.82, 2.24) is 4.90 Å². The van der Waals surface area contributed by atoms with Gasteiger partial charge in [-0.15, -0.1) is 11.3 Å². The molecular weight excluding hydrogens is 407 g/mol. The van der Waals surface area contributed by atoms with Crippen LogP contribution in [0.3, 0.4) is 0 Å². The van der Waals surface area contributed by atoms with Crippen LogP contribution >= 0.6 is 11.3 Å². The van der Waals surface area contributed by atoms with Gasteiger partial charge in [0.25, 0.3) is 5.91 Å². The molecule has 0 bridgehead atoms. The number of amides is 1. The van der Waals surface area contributed by atoms with E-state index in [0.717, 1.165) is 54.4 Å². The van der Waals surface area contributed by atoms with Crippen molar-refractivity contribution in [2.45, 2.75) is 39.2 Å². The van der Waals surface area contributed by atoms with Crippen molar-refractivity contribution in [3.8, 4) is 0 Å². The molecule has 1 aliphatic heterocycles. The van der Waals surface area contributed by atoms with Gasteiger partial charge in [-0.25, -0.2) is 4.39 Å². The highest BCUT2D eigenvalue weighted by molar-refractivity contribution is 7.16. The summed E-state index contributed by atoms with van der Waals surface area (Å²) in [5, 5.41) is 4.06. The summed E-state index contributed by atoms with van der Waals surface area (Å²) in [5.41, 5.74) is 2.81. The SMILES string of the molecule is CCc1cc([C@H](c2ccc(F)cc2)N2CCC(C)CC2)c(NC(=O)c2ccccc2)s1. The first kappa shape index (κ1) is 21.7. The van der Waals surface area contributed by atoms with Gasteiger partial charge in [0.1, 0.15) is 10.8 Å². The zero-order valence-corrected chi connectivity index (χ0v) is 18.9. The van der Waals surface area contributed by atoms with Crippen molar-refractivity contribution in [3.63, 3.8) is 0 Å². The average molecular weight is 437 g/mol. The predicted octanol–water partition coefficient (Wildman–Crippen LogP) is 6.52. The van der Waals surface area contributed by atoms with Crippen molar-refractivity contribution < 1.29 is 9.18 Å². The number of hydrogen-bond acceptors (Lipinski definition) is 3. The zero-order valence-electron chi connectivity index (χ0n) is 18.1. The molecule has 2 aromatic carbocycles. The van der Waals surface area contributed by atoms with E-state index in [1.54, 1.807) is 11.3 Å². The fourth-order valence-electron chi connectivity index (χ4n) is 4.22. The minimum atomic E-state index is -0.230. The maximum atomic E-state index is 13.7. The number of likely N-dealkylation sites (tertiary alicyclic amines) is 1. The second-order valence-corrected chi connectivity index (χ2v) is 9.48. The number of nitrogens with zero attached hydrogens (tertiary/aromatic N) is 1. The fourth-order valence-corrected chi connectivity index (χ4v) is 5.24. The summed E-state index contributed by atoms with van der Waals surface area (Å²) in [4.78, 5) is 16.6. The number of rotatable bonds is 6. The third-order valence-electron chi connectivity index (χ3n) is 6.09. The number of thiophene rings is 1. The lowest BCUT2D eigenvalue weighted by molar-refractivity contribution is 0.102. The lowest BCUT2D eigenvalue weighted by Gasteiger charge is -2.37. The average Bonchev–Trinajstić information content (AvgIpc) is 3.19. The van der Waals surface area contributed by atoms with Crippen LogP contribution in [0.5, 0.6) is 0 Å². The molecule has 1 aromatic heterocycles. The number of hydrogen-bond donors (Lipinski definition) is 1. The lowest BCUT2D eigenvalue weighted by atomic mass is 9.92. The Morgan fingerprint density at radius 3 is 2.45 bits per heavy atom. The van der Waals surface area contributed by atoms with Crippen LogP contribution in [0.25, 0.3) is 0 Å². The first-order valence-corrected chi connectivity index (χ1v) is 11.8. The fraction of sp³-hybridized carbons (Fsp3) is 0.346. The molecule has 3 nitrogen and oxygen atoms in total. The summed E-state index contributed by atoms with van der Waals surface area (Å²) >= 11 is 1.64. The molecule has 162 valence electrons. The first-order valence-electron chi connectivity index (χ1n) is 11.0. The molecule has 1 aliphatic rings. The zero-order chi connectivity index (χ0) is 21.8. The van der Waals surface area contributed by atoms with Crippen LogP contribution in [-0.2, 0) is 6.42 Å². The smallest absolute Gasteiger partial charge is 0.256 e. The van der Waals surface area contributed by atoms with Crippen molar-refractivity contribution in [2.75, 3.05) is 18.4 Å². The first-order chi connectivity index (χ1) is 15.0. The highest BCUT2D eigenvalue weighted by atomic mass is 32.1. The standard InChI is InChI=1S/C26H29FN2OS/c1-3-22-17-23(26(31-22)28-25(30)20-7-5-4-6-8-20)24(19-9-11-21(27)12-10-19)29-15-13-18(2)14-16-29/h4-12,17-18,24H,3,13-16H2,1-2H3,(H,28,30)/t24-/m0/s1. The molecular formula is C26H29FN2OS. The number of carbonyl (C=O) groups excluding carboxylic acids is 1. The van der Waals surface area contributed by atoms with Crippen LogP contribution < -0.4 is 5.32 Å². The Morgan fingerprint density at radius 1 is 1.13 bits per heavy atom. The van der Waals surface area contributed by atoms with Gasteiger partial charge in [0.2, 0.25) is 0 Å². The summed E-state index contributed by atoms with van der Waals surface area (Å²) in [6, 6.07) is 18.3. The molecule has 1 atom stereocenters. The topological polar surface area (TPSA) is 32.3 Å². The van der Waals surface area contributed by atoms with E-state index in [2.05, 4.69) is 30.1 Å². The van der Waals surface area contributed by atoms with Crippen molar-refractivity contribution in [2.24, 2.45) is 5.92 Å². The summed E-state index contributed by atoms with van der Waals surface area (Å²) in [6.45, 7) is 6.42. The predicted molar refractivity (Wildman–Crippen MR) is 126 cm³/mol. The Hall–Kier alpha value is -2.50. The third kappa shape index (κ3) is 5.05. The summed E-state index contributed by atoms with van der Waals surface area (Å²) in [5.74, 6) is 0.388. The second-order valence-electron chi connectivity index (χ2n) is 8.34.